The maximum Gasteiger partial charge on any atom is 0.246 e. The van der Waals surface area contributed by atoms with Crippen LogP contribution in [0.25, 0.3) is 11.0 Å². The van der Waals surface area contributed by atoms with Gasteiger partial charge in [-0.05, 0) is 61.6 Å². The van der Waals surface area contributed by atoms with E-state index in [-0.39, 0.29) is 24.3 Å². The van der Waals surface area contributed by atoms with Crippen LogP contribution in [0.15, 0.2) is 66.7 Å². The van der Waals surface area contributed by atoms with Crippen LogP contribution in [0.4, 0.5) is 11.4 Å². The molecule has 1 atom stereocenters. The maximum absolute atomic E-state index is 13.7. The van der Waals surface area contributed by atoms with Crippen molar-refractivity contribution in [2.75, 3.05) is 22.9 Å². The number of anilines is 2. The molecule has 3 aromatic carbocycles. The largest absolute Gasteiger partial charge is 0.318 e. The van der Waals surface area contributed by atoms with E-state index in [0.717, 1.165) is 58.7 Å². The number of benzene rings is 3. The fourth-order valence-corrected chi connectivity index (χ4v) is 5.91. The Kier molecular flexibility index (Phi) is 5.59. The van der Waals surface area contributed by atoms with Crippen LogP contribution < -0.4 is 9.80 Å². The number of hydrogen-bond donors (Lipinski definition) is 0. The third-order valence-electron chi connectivity index (χ3n) is 7.59. The zero-order chi connectivity index (χ0) is 24.8. The van der Waals surface area contributed by atoms with E-state index in [9.17, 15) is 9.59 Å². The molecule has 4 aromatic rings. The van der Waals surface area contributed by atoms with Crippen molar-refractivity contribution < 1.29 is 9.59 Å². The number of fused-ring (bicyclic) bond motifs is 2. The summed E-state index contributed by atoms with van der Waals surface area (Å²) in [6.45, 7) is 5.59. The second-order valence-corrected chi connectivity index (χ2v) is 9.97. The van der Waals surface area contributed by atoms with Gasteiger partial charge >= 0.3 is 0 Å². The van der Waals surface area contributed by atoms with Gasteiger partial charge in [-0.1, -0.05) is 48.5 Å². The number of amides is 2. The van der Waals surface area contributed by atoms with E-state index >= 15 is 0 Å². The van der Waals surface area contributed by atoms with Crippen LogP contribution in [-0.4, -0.2) is 34.5 Å². The second-order valence-electron chi connectivity index (χ2n) is 9.97. The molecule has 0 N–H and O–H groups in total. The van der Waals surface area contributed by atoms with Gasteiger partial charge in [-0.25, -0.2) is 4.98 Å². The molecule has 0 spiro atoms. The lowest BCUT2D eigenvalue weighted by molar-refractivity contribution is -0.119. The van der Waals surface area contributed by atoms with Crippen LogP contribution in [0.3, 0.4) is 0 Å². The molecule has 2 amide bonds. The molecular weight excluding hydrogens is 448 g/mol. The Labute approximate surface area is 211 Å². The molecule has 6 heteroatoms. The Balaban J connectivity index is 1.35. The van der Waals surface area contributed by atoms with Gasteiger partial charge in [0.25, 0.3) is 0 Å². The van der Waals surface area contributed by atoms with E-state index in [4.69, 9.17) is 4.98 Å². The summed E-state index contributed by atoms with van der Waals surface area (Å²) in [5.41, 5.74) is 7.21. The first-order valence-electron chi connectivity index (χ1n) is 12.7. The second kappa shape index (κ2) is 8.94. The fraction of sp³-hybridized carbons (Fsp3) is 0.300. The minimum Gasteiger partial charge on any atom is -0.318 e. The average Bonchev–Trinajstić information content (AvgIpc) is 3.44. The lowest BCUT2D eigenvalue weighted by Crippen LogP contribution is -2.38. The molecular formula is C30H30N4O2. The number of hydrogen-bond acceptors (Lipinski definition) is 3. The molecule has 2 aliphatic rings. The Hall–Kier alpha value is -3.93. The monoisotopic (exact) mass is 478 g/mol. The minimum atomic E-state index is -0.0784. The lowest BCUT2D eigenvalue weighted by Gasteiger charge is -2.30. The van der Waals surface area contributed by atoms with Gasteiger partial charge in [-0.2, -0.15) is 0 Å². The molecule has 1 aromatic heterocycles. The first-order chi connectivity index (χ1) is 17.5. The average molecular weight is 479 g/mol. The molecule has 6 rings (SSSR count). The fourth-order valence-electron chi connectivity index (χ4n) is 5.91. The Bertz CT molecular complexity index is 1470. The number of para-hydroxylation sites is 4. The van der Waals surface area contributed by atoms with E-state index in [1.54, 1.807) is 0 Å². The maximum atomic E-state index is 13.7. The van der Waals surface area contributed by atoms with Crippen LogP contribution >= 0.6 is 0 Å². The van der Waals surface area contributed by atoms with Crippen LogP contribution in [0, 0.1) is 13.8 Å². The number of imidazole rings is 1. The highest BCUT2D eigenvalue weighted by atomic mass is 16.2. The van der Waals surface area contributed by atoms with Crippen LogP contribution in [0.5, 0.6) is 0 Å². The predicted octanol–water partition coefficient (Wildman–Crippen LogP) is 5.15. The third kappa shape index (κ3) is 3.77. The molecule has 1 unspecified atom stereocenters. The highest BCUT2D eigenvalue weighted by Gasteiger charge is 2.36. The van der Waals surface area contributed by atoms with Crippen LogP contribution in [0.1, 0.15) is 41.3 Å². The van der Waals surface area contributed by atoms with Gasteiger partial charge in [0.15, 0.2) is 0 Å². The summed E-state index contributed by atoms with van der Waals surface area (Å²) in [5, 5.41) is 0. The van der Waals surface area contributed by atoms with E-state index in [1.165, 1.54) is 5.56 Å². The summed E-state index contributed by atoms with van der Waals surface area (Å²) in [5.74, 6) is 0.900. The zero-order valence-electron chi connectivity index (χ0n) is 20.8. The summed E-state index contributed by atoms with van der Waals surface area (Å²) < 4.78 is 2.04. The van der Waals surface area contributed by atoms with E-state index in [0.29, 0.717) is 13.0 Å². The number of carbonyl (C=O) groups excluding carboxylic acids is 2. The molecule has 0 aliphatic carbocycles. The van der Waals surface area contributed by atoms with Crippen molar-refractivity contribution >= 4 is 34.2 Å². The SMILES string of the molecule is Cc1cccc(C)c1N1CC(c2nc3ccccc3n2CC(=O)N2CCCc3ccccc32)CC1=O. The van der Waals surface area contributed by atoms with Gasteiger partial charge in [-0.3, -0.25) is 9.59 Å². The van der Waals surface area contributed by atoms with Crippen molar-refractivity contribution in [3.05, 3.63) is 89.2 Å². The van der Waals surface area contributed by atoms with Crippen molar-refractivity contribution in [3.8, 4) is 0 Å². The first kappa shape index (κ1) is 22.5. The number of carbonyl (C=O) groups is 2. The molecule has 3 heterocycles. The van der Waals surface area contributed by atoms with Crippen LogP contribution in [0.2, 0.25) is 0 Å². The number of aromatic nitrogens is 2. The van der Waals surface area contributed by atoms with Crippen molar-refractivity contribution in [2.24, 2.45) is 0 Å². The van der Waals surface area contributed by atoms with E-state index in [2.05, 4.69) is 6.07 Å². The summed E-state index contributed by atoms with van der Waals surface area (Å²) >= 11 is 0. The summed E-state index contributed by atoms with van der Waals surface area (Å²) in [6, 6.07) is 22.2. The predicted molar refractivity (Wildman–Crippen MR) is 142 cm³/mol. The first-order valence-corrected chi connectivity index (χ1v) is 12.7. The summed E-state index contributed by atoms with van der Waals surface area (Å²) in [4.78, 5) is 35.7. The highest BCUT2D eigenvalue weighted by Crippen LogP contribution is 2.36. The van der Waals surface area contributed by atoms with Gasteiger partial charge in [0, 0.05) is 36.8 Å². The number of rotatable bonds is 4. The molecule has 6 nitrogen and oxygen atoms in total. The lowest BCUT2D eigenvalue weighted by atomic mass is 10.0. The van der Waals surface area contributed by atoms with Gasteiger partial charge in [0.2, 0.25) is 11.8 Å². The van der Waals surface area contributed by atoms with Crippen molar-refractivity contribution in [3.63, 3.8) is 0 Å². The van der Waals surface area contributed by atoms with Gasteiger partial charge in [-0.15, -0.1) is 0 Å². The molecule has 0 saturated carbocycles. The number of aryl methyl sites for hydroxylation is 3. The molecule has 2 aliphatic heterocycles. The molecule has 1 fully saturated rings. The zero-order valence-corrected chi connectivity index (χ0v) is 20.8. The number of nitrogens with zero attached hydrogens (tertiary/aromatic N) is 4. The van der Waals surface area contributed by atoms with Crippen LogP contribution in [-0.2, 0) is 22.6 Å². The van der Waals surface area contributed by atoms with E-state index < -0.39 is 0 Å². The Morgan fingerprint density at radius 2 is 1.72 bits per heavy atom. The smallest absolute Gasteiger partial charge is 0.246 e. The summed E-state index contributed by atoms with van der Waals surface area (Å²) in [7, 11) is 0. The Morgan fingerprint density at radius 1 is 0.972 bits per heavy atom. The normalized spacial score (nSPS) is 17.6. The van der Waals surface area contributed by atoms with Gasteiger partial charge < -0.3 is 14.4 Å². The molecule has 182 valence electrons. The molecule has 36 heavy (non-hydrogen) atoms. The Morgan fingerprint density at radius 3 is 2.56 bits per heavy atom. The van der Waals surface area contributed by atoms with Crippen molar-refractivity contribution in [1.82, 2.24) is 9.55 Å². The van der Waals surface area contributed by atoms with Gasteiger partial charge in [0.1, 0.15) is 12.4 Å². The molecule has 0 radical (unpaired) electrons. The van der Waals surface area contributed by atoms with Crippen molar-refractivity contribution in [1.29, 1.82) is 0 Å². The molecule has 1 saturated heterocycles. The quantitative estimate of drug-likeness (QED) is 0.407. The molecule has 0 bridgehead atoms. The van der Waals surface area contributed by atoms with Gasteiger partial charge in [0.05, 0.1) is 11.0 Å². The topological polar surface area (TPSA) is 58.4 Å². The standard InChI is InChI=1S/C30H30N4O2/c1-20-9-7-10-21(2)29(20)34-18-23(17-27(34)35)30-31-24-13-4-6-15-26(24)33(30)19-28(36)32-16-8-12-22-11-3-5-14-25(22)32/h3-7,9-11,13-15,23H,8,12,16-19H2,1-2H3. The third-order valence-corrected chi connectivity index (χ3v) is 7.59. The summed E-state index contributed by atoms with van der Waals surface area (Å²) in [6.07, 6.45) is 2.34. The minimum absolute atomic E-state index is 0.0579. The van der Waals surface area contributed by atoms with E-state index in [1.807, 2.05) is 88.9 Å². The highest BCUT2D eigenvalue weighted by molar-refractivity contribution is 5.98. The van der Waals surface area contributed by atoms with Crippen molar-refractivity contribution in [2.45, 2.75) is 45.6 Å².